The molecule has 0 saturated carbocycles. The van der Waals surface area contributed by atoms with Gasteiger partial charge in [-0.05, 0) is 54.2 Å². The van der Waals surface area contributed by atoms with Crippen LogP contribution in [-0.2, 0) is 6.42 Å². The zero-order valence-corrected chi connectivity index (χ0v) is 10.9. The van der Waals surface area contributed by atoms with Crippen LogP contribution in [0.4, 0.5) is 4.39 Å². The normalized spacial score (nSPS) is 19.2. The zero-order chi connectivity index (χ0) is 13.4. The molecule has 1 N–H and O–H groups in total. The maximum Gasteiger partial charge on any atom is 0.123 e. The summed E-state index contributed by atoms with van der Waals surface area (Å²) in [5.74, 6) is -0.206. The summed E-state index contributed by atoms with van der Waals surface area (Å²) in [4.78, 5) is 0. The van der Waals surface area contributed by atoms with Gasteiger partial charge in [0.15, 0.2) is 0 Å². The van der Waals surface area contributed by atoms with Gasteiger partial charge in [-0.2, -0.15) is 0 Å². The lowest BCUT2D eigenvalue weighted by atomic mass is 9.88. The molecule has 2 atom stereocenters. The van der Waals surface area contributed by atoms with Crippen molar-refractivity contribution in [3.05, 3.63) is 70.5 Å². The molecule has 2 unspecified atom stereocenters. The molecule has 1 nitrogen and oxygen atoms in total. The van der Waals surface area contributed by atoms with E-state index in [0.29, 0.717) is 5.56 Å². The quantitative estimate of drug-likeness (QED) is 0.864. The Morgan fingerprint density at radius 3 is 2.84 bits per heavy atom. The third-order valence-corrected chi connectivity index (χ3v) is 4.12. The predicted molar refractivity (Wildman–Crippen MR) is 73.6 cm³/mol. The Labute approximate surface area is 112 Å². The fourth-order valence-electron chi connectivity index (χ4n) is 3.06. The highest BCUT2D eigenvalue weighted by Crippen LogP contribution is 2.42. The first-order valence-electron chi connectivity index (χ1n) is 6.69. The van der Waals surface area contributed by atoms with Gasteiger partial charge in [0.25, 0.3) is 0 Å². The average Bonchev–Trinajstić information content (AvgIpc) is 2.84. The molecule has 0 bridgehead atoms. The molecule has 0 heterocycles. The molecule has 0 amide bonds. The number of benzene rings is 2. The molecule has 0 aromatic heterocycles. The van der Waals surface area contributed by atoms with Crippen LogP contribution >= 0.6 is 0 Å². The van der Waals surface area contributed by atoms with E-state index in [4.69, 9.17) is 0 Å². The SMILES string of the molecule is Cc1ccc(F)cc1C(O)C1CCc2ccccc21. The molecule has 0 fully saturated rings. The molecule has 19 heavy (non-hydrogen) atoms. The molecule has 2 heteroatoms. The van der Waals surface area contributed by atoms with Crippen LogP contribution in [0.3, 0.4) is 0 Å². The first-order valence-corrected chi connectivity index (χ1v) is 6.69. The molecule has 0 saturated heterocycles. The van der Waals surface area contributed by atoms with Gasteiger partial charge in [-0.1, -0.05) is 30.3 Å². The van der Waals surface area contributed by atoms with Crippen molar-refractivity contribution in [2.24, 2.45) is 0 Å². The van der Waals surface area contributed by atoms with Crippen molar-refractivity contribution in [3.63, 3.8) is 0 Å². The summed E-state index contributed by atoms with van der Waals surface area (Å²) < 4.78 is 13.4. The lowest BCUT2D eigenvalue weighted by Crippen LogP contribution is -2.10. The Hall–Kier alpha value is -1.67. The summed E-state index contributed by atoms with van der Waals surface area (Å²) in [6.07, 6.45) is 1.29. The van der Waals surface area contributed by atoms with Gasteiger partial charge in [-0.3, -0.25) is 0 Å². The van der Waals surface area contributed by atoms with Crippen molar-refractivity contribution < 1.29 is 9.50 Å². The number of aliphatic hydroxyl groups excluding tert-OH is 1. The fourth-order valence-corrected chi connectivity index (χ4v) is 3.06. The highest BCUT2D eigenvalue weighted by atomic mass is 19.1. The highest BCUT2D eigenvalue weighted by Gasteiger charge is 2.30. The maximum absolute atomic E-state index is 13.4. The van der Waals surface area contributed by atoms with Crippen LogP contribution in [0.15, 0.2) is 42.5 Å². The summed E-state index contributed by atoms with van der Waals surface area (Å²) in [5, 5.41) is 10.6. The van der Waals surface area contributed by atoms with Gasteiger partial charge < -0.3 is 5.11 Å². The fraction of sp³-hybridized carbons (Fsp3) is 0.294. The van der Waals surface area contributed by atoms with E-state index < -0.39 is 6.10 Å². The summed E-state index contributed by atoms with van der Waals surface area (Å²) in [6, 6.07) is 12.8. The van der Waals surface area contributed by atoms with Gasteiger partial charge in [-0.15, -0.1) is 0 Å². The Kier molecular flexibility index (Phi) is 3.11. The number of halogens is 1. The number of aliphatic hydroxyl groups is 1. The second kappa shape index (κ2) is 4.78. The summed E-state index contributed by atoms with van der Waals surface area (Å²) in [5.41, 5.74) is 4.17. The average molecular weight is 256 g/mol. The minimum absolute atomic E-state index is 0.0803. The Morgan fingerprint density at radius 1 is 1.21 bits per heavy atom. The van der Waals surface area contributed by atoms with Gasteiger partial charge in [0.2, 0.25) is 0 Å². The summed E-state index contributed by atoms with van der Waals surface area (Å²) in [6.45, 7) is 1.92. The largest absolute Gasteiger partial charge is 0.388 e. The van der Waals surface area contributed by atoms with Crippen molar-refractivity contribution in [2.75, 3.05) is 0 Å². The second-order valence-corrected chi connectivity index (χ2v) is 5.29. The third kappa shape index (κ3) is 2.17. The molecule has 1 aliphatic rings. The lowest BCUT2D eigenvalue weighted by molar-refractivity contribution is 0.144. The van der Waals surface area contributed by atoms with Crippen LogP contribution in [-0.4, -0.2) is 5.11 Å². The Bertz CT molecular complexity index is 606. The van der Waals surface area contributed by atoms with Crippen LogP contribution in [0.5, 0.6) is 0 Å². The topological polar surface area (TPSA) is 20.2 Å². The van der Waals surface area contributed by atoms with Crippen LogP contribution in [0, 0.1) is 12.7 Å². The van der Waals surface area contributed by atoms with E-state index in [9.17, 15) is 9.50 Å². The first-order chi connectivity index (χ1) is 9.16. The van der Waals surface area contributed by atoms with E-state index in [1.165, 1.54) is 23.3 Å². The summed E-state index contributed by atoms with van der Waals surface area (Å²) in [7, 11) is 0. The van der Waals surface area contributed by atoms with Gasteiger partial charge in [0, 0.05) is 5.92 Å². The minimum Gasteiger partial charge on any atom is -0.388 e. The standard InChI is InChI=1S/C17H17FO/c1-11-6-8-13(18)10-16(11)17(19)15-9-7-12-4-2-3-5-14(12)15/h2-6,8,10,15,17,19H,7,9H2,1H3. The number of aryl methyl sites for hydroxylation is 2. The molecule has 2 aromatic carbocycles. The first kappa shape index (κ1) is 12.4. The Balaban J connectivity index is 1.97. The number of rotatable bonds is 2. The van der Waals surface area contributed by atoms with Crippen LogP contribution in [0.1, 0.15) is 40.7 Å². The molecule has 0 radical (unpaired) electrons. The molecular formula is C17H17FO. The highest BCUT2D eigenvalue weighted by molar-refractivity contribution is 5.39. The van der Waals surface area contributed by atoms with Crippen LogP contribution in [0.2, 0.25) is 0 Å². The van der Waals surface area contributed by atoms with Gasteiger partial charge >= 0.3 is 0 Å². The molecule has 2 aromatic rings. The predicted octanol–water partition coefficient (Wildman–Crippen LogP) is 3.90. The van der Waals surface area contributed by atoms with Crippen molar-refractivity contribution in [2.45, 2.75) is 31.8 Å². The molecule has 0 spiro atoms. The van der Waals surface area contributed by atoms with Crippen molar-refractivity contribution in [1.82, 2.24) is 0 Å². The number of hydrogen-bond donors (Lipinski definition) is 1. The number of hydrogen-bond acceptors (Lipinski definition) is 1. The van der Waals surface area contributed by atoms with Gasteiger partial charge in [-0.25, -0.2) is 4.39 Å². The molecule has 98 valence electrons. The summed E-state index contributed by atoms with van der Waals surface area (Å²) >= 11 is 0. The molecule has 3 rings (SSSR count). The van der Waals surface area contributed by atoms with Crippen molar-refractivity contribution >= 4 is 0 Å². The molecule has 0 aliphatic heterocycles. The third-order valence-electron chi connectivity index (χ3n) is 4.12. The monoisotopic (exact) mass is 256 g/mol. The molecular weight excluding hydrogens is 239 g/mol. The van der Waals surface area contributed by atoms with E-state index in [1.54, 1.807) is 6.07 Å². The number of fused-ring (bicyclic) bond motifs is 1. The zero-order valence-electron chi connectivity index (χ0n) is 10.9. The van der Waals surface area contributed by atoms with Crippen LogP contribution < -0.4 is 0 Å². The van der Waals surface area contributed by atoms with E-state index in [1.807, 2.05) is 19.1 Å². The van der Waals surface area contributed by atoms with Gasteiger partial charge in [0.05, 0.1) is 6.10 Å². The molecule has 1 aliphatic carbocycles. The minimum atomic E-state index is -0.626. The van der Waals surface area contributed by atoms with E-state index in [2.05, 4.69) is 12.1 Å². The second-order valence-electron chi connectivity index (χ2n) is 5.29. The lowest BCUT2D eigenvalue weighted by Gasteiger charge is -2.21. The van der Waals surface area contributed by atoms with Gasteiger partial charge in [0.1, 0.15) is 5.82 Å². The smallest absolute Gasteiger partial charge is 0.123 e. The van der Waals surface area contributed by atoms with E-state index >= 15 is 0 Å². The van der Waals surface area contributed by atoms with E-state index in [-0.39, 0.29) is 11.7 Å². The van der Waals surface area contributed by atoms with E-state index in [0.717, 1.165) is 18.4 Å². The maximum atomic E-state index is 13.4. The Morgan fingerprint density at radius 2 is 2.00 bits per heavy atom. The van der Waals surface area contributed by atoms with Crippen molar-refractivity contribution in [1.29, 1.82) is 0 Å². The van der Waals surface area contributed by atoms with Crippen LogP contribution in [0.25, 0.3) is 0 Å². The van der Waals surface area contributed by atoms with Crippen molar-refractivity contribution in [3.8, 4) is 0 Å².